The van der Waals surface area contributed by atoms with E-state index in [2.05, 4.69) is 36.3 Å². The zero-order valence-electron chi connectivity index (χ0n) is 13.1. The fourth-order valence-corrected chi connectivity index (χ4v) is 2.52. The lowest BCUT2D eigenvalue weighted by atomic mass is 9.92. The molecular formula is C15H21ClN4OS. The monoisotopic (exact) mass is 340 g/mol. The standard InChI is InChI=1S/C15H20N4OS.ClH/c1-14(2,3)12-18-19-13(21-12)17-11(20)15(4,16)10-8-6-5-7-9-10;/h5-9H,16H2,1-4H3,(H,17,19,20);1H. The smallest absolute Gasteiger partial charge is 0.250 e. The number of nitrogens with one attached hydrogen (secondary N) is 1. The number of anilines is 1. The summed E-state index contributed by atoms with van der Waals surface area (Å²) >= 11 is 1.37. The van der Waals surface area contributed by atoms with E-state index in [0.29, 0.717) is 5.13 Å². The zero-order chi connectivity index (χ0) is 15.7. The number of rotatable bonds is 3. The van der Waals surface area contributed by atoms with Crippen molar-refractivity contribution in [2.45, 2.75) is 38.6 Å². The first-order chi connectivity index (χ1) is 9.71. The van der Waals surface area contributed by atoms with Crippen LogP contribution in [0.25, 0.3) is 0 Å². The highest BCUT2D eigenvalue weighted by atomic mass is 35.5. The van der Waals surface area contributed by atoms with Gasteiger partial charge in [0.05, 0.1) is 0 Å². The first-order valence-electron chi connectivity index (χ1n) is 6.71. The van der Waals surface area contributed by atoms with Crippen molar-refractivity contribution in [1.29, 1.82) is 0 Å². The van der Waals surface area contributed by atoms with Gasteiger partial charge < -0.3 is 5.73 Å². The molecule has 1 atom stereocenters. The molecule has 1 aromatic carbocycles. The van der Waals surface area contributed by atoms with Crippen LogP contribution in [0.3, 0.4) is 0 Å². The van der Waals surface area contributed by atoms with Crippen molar-refractivity contribution < 1.29 is 4.79 Å². The molecule has 1 aromatic heterocycles. The number of carbonyl (C=O) groups excluding carboxylic acids is 1. The van der Waals surface area contributed by atoms with E-state index in [-0.39, 0.29) is 23.7 Å². The summed E-state index contributed by atoms with van der Waals surface area (Å²) in [6.45, 7) is 7.84. The third-order valence-electron chi connectivity index (χ3n) is 3.13. The summed E-state index contributed by atoms with van der Waals surface area (Å²) in [7, 11) is 0. The molecule has 0 saturated heterocycles. The minimum Gasteiger partial charge on any atom is -0.314 e. The van der Waals surface area contributed by atoms with Gasteiger partial charge in [0.1, 0.15) is 10.5 Å². The normalized spacial score (nSPS) is 13.9. The molecule has 1 unspecified atom stereocenters. The molecule has 0 aliphatic rings. The first kappa shape index (κ1) is 18.5. The molecule has 0 spiro atoms. The minimum absolute atomic E-state index is 0. The largest absolute Gasteiger partial charge is 0.314 e. The lowest BCUT2D eigenvalue weighted by Gasteiger charge is -2.23. The van der Waals surface area contributed by atoms with Gasteiger partial charge in [-0.1, -0.05) is 62.4 Å². The topological polar surface area (TPSA) is 80.9 Å². The predicted molar refractivity (Wildman–Crippen MR) is 92.5 cm³/mol. The van der Waals surface area contributed by atoms with Crippen molar-refractivity contribution in [3.63, 3.8) is 0 Å². The number of benzene rings is 1. The quantitative estimate of drug-likeness (QED) is 0.899. The second-order valence-corrected chi connectivity index (χ2v) is 7.16. The van der Waals surface area contributed by atoms with Crippen LogP contribution in [0.4, 0.5) is 5.13 Å². The minimum atomic E-state index is -1.12. The van der Waals surface area contributed by atoms with E-state index in [1.807, 2.05) is 30.3 Å². The highest BCUT2D eigenvalue weighted by molar-refractivity contribution is 7.15. The second-order valence-electron chi connectivity index (χ2n) is 6.18. The molecule has 1 heterocycles. The van der Waals surface area contributed by atoms with Crippen molar-refractivity contribution >= 4 is 34.8 Å². The summed E-state index contributed by atoms with van der Waals surface area (Å²) in [5.74, 6) is -0.301. The van der Waals surface area contributed by atoms with E-state index in [0.717, 1.165) is 10.6 Å². The van der Waals surface area contributed by atoms with Gasteiger partial charge in [0, 0.05) is 5.41 Å². The molecule has 3 N–H and O–H groups in total. The molecule has 120 valence electrons. The second kappa shape index (κ2) is 6.73. The van der Waals surface area contributed by atoms with E-state index in [9.17, 15) is 4.79 Å². The maximum absolute atomic E-state index is 12.4. The number of hydrogen-bond acceptors (Lipinski definition) is 5. The molecule has 1 amide bonds. The van der Waals surface area contributed by atoms with Gasteiger partial charge in [0.2, 0.25) is 5.13 Å². The Morgan fingerprint density at radius 2 is 1.73 bits per heavy atom. The number of halogens is 1. The average molecular weight is 341 g/mol. The number of hydrogen-bond donors (Lipinski definition) is 2. The maximum Gasteiger partial charge on any atom is 0.250 e. The summed E-state index contributed by atoms with van der Waals surface area (Å²) in [4.78, 5) is 12.4. The molecule has 0 bridgehead atoms. The van der Waals surface area contributed by atoms with Crippen molar-refractivity contribution in [2.75, 3.05) is 5.32 Å². The van der Waals surface area contributed by atoms with Gasteiger partial charge in [-0.05, 0) is 12.5 Å². The average Bonchev–Trinajstić information content (AvgIpc) is 2.88. The Morgan fingerprint density at radius 1 is 1.14 bits per heavy atom. The van der Waals surface area contributed by atoms with Gasteiger partial charge in [-0.2, -0.15) is 0 Å². The lowest BCUT2D eigenvalue weighted by molar-refractivity contribution is -0.120. The summed E-state index contributed by atoms with van der Waals surface area (Å²) in [6, 6.07) is 9.27. The van der Waals surface area contributed by atoms with E-state index < -0.39 is 5.54 Å². The van der Waals surface area contributed by atoms with Crippen LogP contribution >= 0.6 is 23.7 Å². The van der Waals surface area contributed by atoms with Gasteiger partial charge in [0.25, 0.3) is 5.91 Å². The van der Waals surface area contributed by atoms with Crippen LogP contribution < -0.4 is 11.1 Å². The fraction of sp³-hybridized carbons (Fsp3) is 0.400. The summed E-state index contributed by atoms with van der Waals surface area (Å²) < 4.78 is 0. The van der Waals surface area contributed by atoms with Gasteiger partial charge in [-0.25, -0.2) is 0 Å². The predicted octanol–water partition coefficient (Wildman–Crippen LogP) is 3.07. The third kappa shape index (κ3) is 4.03. The van der Waals surface area contributed by atoms with Crippen molar-refractivity contribution in [2.24, 2.45) is 5.73 Å². The highest BCUT2D eigenvalue weighted by Gasteiger charge is 2.31. The highest BCUT2D eigenvalue weighted by Crippen LogP contribution is 2.28. The Bertz CT molecular complexity index is 634. The molecule has 0 saturated carbocycles. The molecule has 5 nitrogen and oxygen atoms in total. The van der Waals surface area contributed by atoms with Gasteiger partial charge in [0.15, 0.2) is 0 Å². The fourth-order valence-electron chi connectivity index (χ4n) is 1.72. The number of aromatic nitrogens is 2. The van der Waals surface area contributed by atoms with Crippen LogP contribution in [0.1, 0.15) is 38.3 Å². The van der Waals surface area contributed by atoms with Crippen LogP contribution in [-0.4, -0.2) is 16.1 Å². The molecule has 0 fully saturated rings. The van der Waals surface area contributed by atoms with Crippen molar-refractivity contribution in [3.8, 4) is 0 Å². The number of nitrogens with two attached hydrogens (primary N) is 1. The number of carbonyl (C=O) groups is 1. The van der Waals surface area contributed by atoms with Crippen LogP contribution in [-0.2, 0) is 15.7 Å². The summed E-state index contributed by atoms with van der Waals surface area (Å²) in [5.41, 5.74) is 5.71. The van der Waals surface area contributed by atoms with E-state index in [1.54, 1.807) is 6.92 Å². The molecular weight excluding hydrogens is 320 g/mol. The van der Waals surface area contributed by atoms with Gasteiger partial charge >= 0.3 is 0 Å². The Hall–Kier alpha value is -1.50. The molecule has 0 aliphatic heterocycles. The third-order valence-corrected chi connectivity index (χ3v) is 4.40. The van der Waals surface area contributed by atoms with Crippen LogP contribution in [0.2, 0.25) is 0 Å². The Labute approximate surface area is 140 Å². The Balaban J connectivity index is 0.00000242. The molecule has 0 aliphatic carbocycles. The Kier molecular flexibility index (Phi) is 5.67. The number of nitrogens with zero attached hydrogens (tertiary/aromatic N) is 2. The van der Waals surface area contributed by atoms with E-state index >= 15 is 0 Å². The van der Waals surface area contributed by atoms with Crippen molar-refractivity contribution in [1.82, 2.24) is 10.2 Å². The summed E-state index contributed by atoms with van der Waals surface area (Å²) in [6.07, 6.45) is 0. The van der Waals surface area contributed by atoms with E-state index in [4.69, 9.17) is 5.73 Å². The van der Waals surface area contributed by atoms with Gasteiger partial charge in [-0.15, -0.1) is 22.6 Å². The van der Waals surface area contributed by atoms with Crippen molar-refractivity contribution in [3.05, 3.63) is 40.9 Å². The van der Waals surface area contributed by atoms with Crippen LogP contribution in [0, 0.1) is 0 Å². The summed E-state index contributed by atoms with van der Waals surface area (Å²) in [5, 5.41) is 12.2. The zero-order valence-corrected chi connectivity index (χ0v) is 14.7. The first-order valence-corrected chi connectivity index (χ1v) is 7.53. The van der Waals surface area contributed by atoms with Gasteiger partial charge in [-0.3, -0.25) is 10.1 Å². The molecule has 2 aromatic rings. The SMILES string of the molecule is CC(C)(C)c1nnc(NC(=O)C(C)(N)c2ccccc2)s1.Cl. The van der Waals surface area contributed by atoms with Crippen LogP contribution in [0.5, 0.6) is 0 Å². The van der Waals surface area contributed by atoms with E-state index in [1.165, 1.54) is 11.3 Å². The molecule has 2 rings (SSSR count). The lowest BCUT2D eigenvalue weighted by Crippen LogP contribution is -2.45. The number of amides is 1. The Morgan fingerprint density at radius 3 is 2.23 bits per heavy atom. The molecule has 0 radical (unpaired) electrons. The molecule has 22 heavy (non-hydrogen) atoms. The molecule has 7 heteroatoms. The maximum atomic E-state index is 12.4. The van der Waals surface area contributed by atoms with Crippen LogP contribution in [0.15, 0.2) is 30.3 Å².